The smallest absolute Gasteiger partial charge is 0.137 e. The number of benzene rings is 5. The zero-order valence-electron chi connectivity index (χ0n) is 33.0. The Kier molecular flexibility index (Phi) is 8.64. The third-order valence-corrected chi connectivity index (χ3v) is 10.7. The van der Waals surface area contributed by atoms with Crippen LogP contribution in [-0.4, -0.2) is 16.2 Å². The van der Waals surface area contributed by atoms with Gasteiger partial charge >= 0.3 is 0 Å². The molecule has 0 saturated heterocycles. The highest BCUT2D eigenvalue weighted by Crippen LogP contribution is 2.41. The predicted molar refractivity (Wildman–Crippen MR) is 227 cm³/mol. The van der Waals surface area contributed by atoms with Gasteiger partial charge in [-0.3, -0.25) is 4.57 Å². The van der Waals surface area contributed by atoms with E-state index in [0.29, 0.717) is 6.67 Å². The Labute approximate surface area is 320 Å². The average Bonchev–Trinajstić information content (AvgIpc) is 3.71. The monoisotopic (exact) mass is 710 g/mol. The van der Waals surface area contributed by atoms with Crippen molar-refractivity contribution in [3.63, 3.8) is 0 Å². The quantitative estimate of drug-likeness (QED) is 0.172. The zero-order chi connectivity index (χ0) is 37.9. The molecule has 5 nitrogen and oxygen atoms in total. The third-order valence-electron chi connectivity index (χ3n) is 10.7. The molecule has 0 atom stereocenters. The summed E-state index contributed by atoms with van der Waals surface area (Å²) in [6.07, 6.45) is 4.24. The Hall–Kier alpha value is -5.81. The van der Waals surface area contributed by atoms with Crippen LogP contribution in [0.1, 0.15) is 74.9 Å². The van der Waals surface area contributed by atoms with Crippen molar-refractivity contribution in [2.24, 2.45) is 0 Å². The molecule has 2 aromatic heterocycles. The van der Waals surface area contributed by atoms with Gasteiger partial charge in [0.05, 0.1) is 23.4 Å². The van der Waals surface area contributed by atoms with E-state index < -0.39 is 0 Å². The summed E-state index contributed by atoms with van der Waals surface area (Å²) in [4.78, 5) is 9.68. The van der Waals surface area contributed by atoms with Crippen molar-refractivity contribution in [3.05, 3.63) is 161 Å². The van der Waals surface area contributed by atoms with Gasteiger partial charge in [-0.1, -0.05) is 90.1 Å². The lowest BCUT2D eigenvalue weighted by atomic mass is 9.86. The van der Waals surface area contributed by atoms with Gasteiger partial charge in [-0.15, -0.1) is 0 Å². The maximum atomic E-state index is 6.87. The Morgan fingerprint density at radius 3 is 2.06 bits per heavy atom. The van der Waals surface area contributed by atoms with Crippen molar-refractivity contribution >= 4 is 38.9 Å². The van der Waals surface area contributed by atoms with Crippen LogP contribution in [0.4, 0.5) is 11.4 Å². The van der Waals surface area contributed by atoms with E-state index in [1.54, 1.807) is 0 Å². The number of hydrogen-bond donors (Lipinski definition) is 0. The van der Waals surface area contributed by atoms with Gasteiger partial charge in [-0.05, 0) is 114 Å². The molecule has 1 aliphatic rings. The largest absolute Gasteiger partial charge is 0.457 e. The predicted octanol–water partition coefficient (Wildman–Crippen LogP) is 12.8. The number of aromatic nitrogens is 2. The van der Waals surface area contributed by atoms with Crippen molar-refractivity contribution in [1.82, 2.24) is 9.55 Å². The topological polar surface area (TPSA) is 33.5 Å². The fourth-order valence-electron chi connectivity index (χ4n) is 7.72. The molecule has 0 bridgehead atoms. The second-order valence-corrected chi connectivity index (χ2v) is 16.9. The first kappa shape index (κ1) is 35.2. The van der Waals surface area contributed by atoms with E-state index in [-0.39, 0.29) is 10.8 Å². The molecule has 0 spiro atoms. The molecule has 0 amide bonds. The van der Waals surface area contributed by atoms with E-state index in [0.717, 1.165) is 34.0 Å². The zero-order valence-corrected chi connectivity index (χ0v) is 33.0. The molecule has 3 heterocycles. The summed E-state index contributed by atoms with van der Waals surface area (Å²) in [5.74, 6) is 2.50. The Balaban J connectivity index is 1.23. The van der Waals surface area contributed by atoms with E-state index in [9.17, 15) is 0 Å². The summed E-state index contributed by atoms with van der Waals surface area (Å²) >= 11 is 0. The number of para-hydroxylation sites is 1. The minimum absolute atomic E-state index is 0.00161. The summed E-state index contributed by atoms with van der Waals surface area (Å²) in [6, 6.07) is 41.4. The standard InChI is InChI=1S/C49H50N4O/c1-32-14-12-17-37(24-32)52-31-51(30-45(52)47-33(2)15-13-16-34(47)3)38-25-36(49(7,8)9)26-40(28-38)54-39-20-21-42-41-18-10-11-19-43(41)53(44(42)29-39)46-27-35(22-23-50-46)48(4,5)6/h10-30H,31H2,1-9H3. The van der Waals surface area contributed by atoms with Gasteiger partial charge in [0.2, 0.25) is 0 Å². The number of fused-ring (bicyclic) bond motifs is 3. The van der Waals surface area contributed by atoms with Gasteiger partial charge in [0.1, 0.15) is 17.3 Å². The Morgan fingerprint density at radius 2 is 1.31 bits per heavy atom. The van der Waals surface area contributed by atoms with Crippen LogP contribution in [0.5, 0.6) is 11.5 Å². The second-order valence-electron chi connectivity index (χ2n) is 16.9. The van der Waals surface area contributed by atoms with Crippen LogP contribution in [0.25, 0.3) is 33.3 Å². The summed E-state index contributed by atoms with van der Waals surface area (Å²) < 4.78 is 9.14. The molecule has 7 aromatic rings. The van der Waals surface area contributed by atoms with E-state index in [1.165, 1.54) is 55.5 Å². The van der Waals surface area contributed by atoms with E-state index in [4.69, 9.17) is 9.72 Å². The molecule has 0 aliphatic carbocycles. The summed E-state index contributed by atoms with van der Waals surface area (Å²) in [5.41, 5.74) is 13.1. The van der Waals surface area contributed by atoms with Gasteiger partial charge in [0.25, 0.3) is 0 Å². The minimum Gasteiger partial charge on any atom is -0.457 e. The van der Waals surface area contributed by atoms with Gasteiger partial charge in [-0.25, -0.2) is 4.98 Å². The molecule has 0 radical (unpaired) electrons. The number of nitrogens with zero attached hydrogens (tertiary/aromatic N) is 4. The van der Waals surface area contributed by atoms with Crippen molar-refractivity contribution in [3.8, 4) is 17.3 Å². The van der Waals surface area contributed by atoms with Gasteiger partial charge < -0.3 is 14.5 Å². The van der Waals surface area contributed by atoms with Crippen LogP contribution < -0.4 is 14.5 Å². The molecule has 54 heavy (non-hydrogen) atoms. The highest BCUT2D eigenvalue weighted by Gasteiger charge is 2.28. The van der Waals surface area contributed by atoms with E-state index in [2.05, 4.69) is 198 Å². The van der Waals surface area contributed by atoms with Crippen molar-refractivity contribution in [1.29, 1.82) is 0 Å². The Morgan fingerprint density at radius 1 is 0.593 bits per heavy atom. The second kappa shape index (κ2) is 13.2. The highest BCUT2D eigenvalue weighted by molar-refractivity contribution is 6.09. The van der Waals surface area contributed by atoms with Gasteiger partial charge in [0, 0.05) is 52.2 Å². The van der Waals surface area contributed by atoms with Crippen LogP contribution in [-0.2, 0) is 10.8 Å². The molecule has 0 fully saturated rings. The number of ether oxygens (including phenoxy) is 1. The van der Waals surface area contributed by atoms with Crippen molar-refractivity contribution in [2.75, 3.05) is 16.5 Å². The fraction of sp³-hybridized carbons (Fsp3) is 0.245. The van der Waals surface area contributed by atoms with Crippen LogP contribution in [0.15, 0.2) is 128 Å². The number of pyridine rings is 1. The number of hydrogen-bond acceptors (Lipinski definition) is 4. The lowest BCUT2D eigenvalue weighted by Crippen LogP contribution is -2.27. The van der Waals surface area contributed by atoms with E-state index >= 15 is 0 Å². The van der Waals surface area contributed by atoms with Crippen LogP contribution in [0.2, 0.25) is 0 Å². The van der Waals surface area contributed by atoms with Gasteiger partial charge in [-0.2, -0.15) is 0 Å². The summed E-state index contributed by atoms with van der Waals surface area (Å²) in [7, 11) is 0. The molecule has 8 rings (SSSR count). The third kappa shape index (κ3) is 6.53. The molecule has 5 aromatic carbocycles. The maximum Gasteiger partial charge on any atom is 0.137 e. The number of rotatable bonds is 6. The Bertz CT molecular complexity index is 2560. The average molecular weight is 711 g/mol. The first-order valence-corrected chi connectivity index (χ1v) is 19.0. The summed E-state index contributed by atoms with van der Waals surface area (Å²) in [6.45, 7) is 20.8. The van der Waals surface area contributed by atoms with Crippen molar-refractivity contribution in [2.45, 2.75) is 73.1 Å². The van der Waals surface area contributed by atoms with E-state index in [1.807, 2.05) is 6.20 Å². The normalized spacial score (nSPS) is 13.6. The maximum absolute atomic E-state index is 6.87. The molecular formula is C49H50N4O. The van der Waals surface area contributed by atoms with Gasteiger partial charge in [0.15, 0.2) is 0 Å². The molecule has 1 aliphatic heterocycles. The lowest BCUT2D eigenvalue weighted by molar-refractivity contribution is 0.479. The van der Waals surface area contributed by atoms with Crippen LogP contribution >= 0.6 is 0 Å². The lowest BCUT2D eigenvalue weighted by Gasteiger charge is -2.27. The van der Waals surface area contributed by atoms with Crippen molar-refractivity contribution < 1.29 is 4.74 Å². The first-order chi connectivity index (χ1) is 25.7. The molecule has 272 valence electrons. The fourth-order valence-corrected chi connectivity index (χ4v) is 7.72. The SMILES string of the molecule is Cc1cccc(N2CN(c3cc(Oc4ccc5c6ccccc6n(-c6cc(C(C)(C)C)ccn6)c5c4)cc(C(C)(C)C)c3)C=C2c2c(C)cccc2C)c1. The minimum atomic E-state index is -0.0939. The van der Waals surface area contributed by atoms with Crippen LogP contribution in [0.3, 0.4) is 0 Å². The molecule has 5 heteroatoms. The molecule has 0 N–H and O–H groups in total. The summed E-state index contributed by atoms with van der Waals surface area (Å²) in [5, 5.41) is 2.36. The number of aryl methyl sites for hydroxylation is 3. The highest BCUT2D eigenvalue weighted by atomic mass is 16.5. The molecule has 0 unspecified atom stereocenters. The van der Waals surface area contributed by atoms with Crippen LogP contribution in [0, 0.1) is 20.8 Å². The number of anilines is 2. The first-order valence-electron chi connectivity index (χ1n) is 19.0. The molecular weight excluding hydrogens is 661 g/mol. The molecule has 0 saturated carbocycles.